The van der Waals surface area contributed by atoms with Gasteiger partial charge in [-0.15, -0.1) is 19.2 Å². The molecule has 68 valence electrons. The van der Waals surface area contributed by atoms with E-state index in [0.717, 1.165) is 0 Å². The molecule has 1 rings (SSSR count). The minimum atomic E-state index is -0.427. The van der Waals surface area contributed by atoms with E-state index in [2.05, 4.69) is 19.2 Å². The molecule has 0 aliphatic rings. The van der Waals surface area contributed by atoms with E-state index in [0.29, 0.717) is 12.0 Å². The third-order valence-electron chi connectivity index (χ3n) is 1.71. The van der Waals surface area contributed by atoms with Gasteiger partial charge in [0.15, 0.2) is 0 Å². The van der Waals surface area contributed by atoms with Crippen molar-refractivity contribution in [3.05, 3.63) is 42.0 Å². The topological polar surface area (TPSA) is 37.3 Å². The average Bonchev–Trinajstić information content (AvgIpc) is 2.08. The summed E-state index contributed by atoms with van der Waals surface area (Å²) in [5.74, 6) is 0.00222. The lowest BCUT2D eigenvalue weighted by Crippen LogP contribution is -1.93. The van der Waals surface area contributed by atoms with Crippen molar-refractivity contribution in [2.45, 2.75) is 6.42 Å². The lowest BCUT2D eigenvalue weighted by Gasteiger charge is -2.04. The van der Waals surface area contributed by atoms with Crippen LogP contribution in [0.1, 0.15) is 15.9 Å². The molecule has 0 heterocycles. The number of thiol groups is 1. The van der Waals surface area contributed by atoms with Crippen molar-refractivity contribution in [3.63, 3.8) is 0 Å². The number of allylic oxidation sites excluding steroid dienone is 1. The van der Waals surface area contributed by atoms with E-state index in [9.17, 15) is 9.90 Å². The highest BCUT2D eigenvalue weighted by molar-refractivity contribution is 7.97. The number of rotatable bonds is 3. The van der Waals surface area contributed by atoms with Crippen LogP contribution in [0, 0.1) is 0 Å². The smallest absolute Gasteiger partial charge is 0.220 e. The number of benzene rings is 1. The molecule has 0 aromatic heterocycles. The monoisotopic (exact) mass is 194 g/mol. The van der Waals surface area contributed by atoms with Gasteiger partial charge < -0.3 is 5.11 Å². The Hall–Kier alpha value is -1.22. The maximum Gasteiger partial charge on any atom is 0.220 e. The van der Waals surface area contributed by atoms with Gasteiger partial charge in [0.05, 0.1) is 5.56 Å². The predicted molar refractivity (Wildman–Crippen MR) is 55.3 cm³/mol. The number of carbonyl (C=O) groups is 1. The summed E-state index contributed by atoms with van der Waals surface area (Å²) >= 11 is 3.65. The van der Waals surface area contributed by atoms with Crippen molar-refractivity contribution in [2.75, 3.05) is 0 Å². The zero-order valence-corrected chi connectivity index (χ0v) is 7.92. The summed E-state index contributed by atoms with van der Waals surface area (Å²) in [7, 11) is 0. The van der Waals surface area contributed by atoms with Crippen LogP contribution in [-0.4, -0.2) is 10.2 Å². The summed E-state index contributed by atoms with van der Waals surface area (Å²) in [5.41, 5.74) is 0.928. The first kappa shape index (κ1) is 9.86. The van der Waals surface area contributed by atoms with Crippen LogP contribution in [0.4, 0.5) is 0 Å². The standard InChI is InChI=1S/C10H10O2S/c1-2-4-7-5-3-6-8(9(7)11)10(12)13/h2-3,5-6,11H,1,4H2,(H,12,13). The van der Waals surface area contributed by atoms with Gasteiger partial charge in [0.1, 0.15) is 5.75 Å². The number of hydrogen-bond acceptors (Lipinski definition) is 2. The molecule has 0 saturated heterocycles. The maximum absolute atomic E-state index is 10.9. The van der Waals surface area contributed by atoms with Gasteiger partial charge in [-0.3, -0.25) is 4.79 Å². The Kier molecular flexibility index (Phi) is 3.14. The van der Waals surface area contributed by atoms with E-state index in [-0.39, 0.29) is 11.3 Å². The van der Waals surface area contributed by atoms with E-state index in [1.165, 1.54) is 6.07 Å². The molecular weight excluding hydrogens is 184 g/mol. The largest absolute Gasteiger partial charge is 0.507 e. The zero-order valence-electron chi connectivity index (χ0n) is 7.03. The normalized spacial score (nSPS) is 9.62. The molecular formula is C10H10O2S. The molecule has 0 aliphatic carbocycles. The van der Waals surface area contributed by atoms with E-state index in [4.69, 9.17) is 0 Å². The van der Waals surface area contributed by atoms with Gasteiger partial charge in [0.25, 0.3) is 0 Å². The molecule has 2 nitrogen and oxygen atoms in total. The maximum atomic E-state index is 10.9. The molecule has 0 unspecified atom stereocenters. The molecule has 1 aromatic carbocycles. The molecule has 13 heavy (non-hydrogen) atoms. The van der Waals surface area contributed by atoms with Gasteiger partial charge in [0.2, 0.25) is 5.12 Å². The van der Waals surface area contributed by atoms with Crippen LogP contribution in [0.3, 0.4) is 0 Å². The SMILES string of the molecule is C=CCc1cccc(C(=O)S)c1O. The van der Waals surface area contributed by atoms with Crippen LogP contribution in [0.15, 0.2) is 30.9 Å². The molecule has 0 radical (unpaired) electrons. The summed E-state index contributed by atoms with van der Waals surface area (Å²) in [6.07, 6.45) is 2.21. The van der Waals surface area contributed by atoms with E-state index < -0.39 is 5.12 Å². The number of carbonyl (C=O) groups excluding carboxylic acids is 1. The fourth-order valence-corrected chi connectivity index (χ4v) is 1.26. The second-order valence-electron chi connectivity index (χ2n) is 2.61. The van der Waals surface area contributed by atoms with Crippen molar-refractivity contribution in [2.24, 2.45) is 0 Å². The first-order valence-electron chi connectivity index (χ1n) is 3.82. The fourth-order valence-electron chi connectivity index (χ4n) is 1.08. The highest BCUT2D eigenvalue weighted by Crippen LogP contribution is 2.24. The Morgan fingerprint density at radius 2 is 2.31 bits per heavy atom. The number of phenolic OH excluding ortho intramolecular Hbond substituents is 1. The van der Waals surface area contributed by atoms with Crippen molar-refractivity contribution in [1.29, 1.82) is 0 Å². The second-order valence-corrected chi connectivity index (χ2v) is 3.02. The second kappa shape index (κ2) is 4.14. The van der Waals surface area contributed by atoms with Gasteiger partial charge in [-0.25, -0.2) is 0 Å². The van der Waals surface area contributed by atoms with Crippen LogP contribution in [0.5, 0.6) is 5.75 Å². The lowest BCUT2D eigenvalue weighted by atomic mass is 10.1. The Morgan fingerprint density at radius 1 is 1.62 bits per heavy atom. The molecule has 0 bridgehead atoms. The van der Waals surface area contributed by atoms with Crippen LogP contribution in [0.2, 0.25) is 0 Å². The van der Waals surface area contributed by atoms with Gasteiger partial charge in [-0.1, -0.05) is 18.2 Å². The van der Waals surface area contributed by atoms with Gasteiger partial charge in [-0.05, 0) is 18.1 Å². The fraction of sp³-hybridized carbons (Fsp3) is 0.100. The number of phenols is 1. The minimum absolute atomic E-state index is 0.00222. The molecule has 1 N–H and O–H groups in total. The van der Waals surface area contributed by atoms with Crippen molar-refractivity contribution in [3.8, 4) is 5.75 Å². The molecule has 0 atom stereocenters. The average molecular weight is 194 g/mol. The van der Waals surface area contributed by atoms with Crippen molar-refractivity contribution >= 4 is 17.7 Å². The quantitative estimate of drug-likeness (QED) is 0.571. The van der Waals surface area contributed by atoms with Crippen LogP contribution in [-0.2, 0) is 6.42 Å². The summed E-state index contributed by atoms with van der Waals surface area (Å²) in [6, 6.07) is 5.00. The Labute approximate surface area is 82.3 Å². The Morgan fingerprint density at radius 3 is 2.85 bits per heavy atom. The predicted octanol–water partition coefficient (Wildman–Crippen LogP) is 2.19. The Bertz CT molecular complexity index is 345. The lowest BCUT2D eigenvalue weighted by molar-refractivity contribution is 0.108. The minimum Gasteiger partial charge on any atom is -0.507 e. The molecule has 0 spiro atoms. The summed E-state index contributed by atoms with van der Waals surface area (Å²) in [6.45, 7) is 3.56. The van der Waals surface area contributed by atoms with E-state index >= 15 is 0 Å². The molecule has 0 amide bonds. The highest BCUT2D eigenvalue weighted by atomic mass is 32.1. The molecule has 0 saturated carbocycles. The number of para-hydroxylation sites is 1. The molecule has 0 aliphatic heterocycles. The Balaban J connectivity index is 3.17. The van der Waals surface area contributed by atoms with E-state index in [1.54, 1.807) is 18.2 Å². The zero-order chi connectivity index (χ0) is 9.84. The molecule has 1 aromatic rings. The third kappa shape index (κ3) is 2.12. The number of aromatic hydroxyl groups is 1. The van der Waals surface area contributed by atoms with Crippen molar-refractivity contribution < 1.29 is 9.90 Å². The van der Waals surface area contributed by atoms with Crippen LogP contribution < -0.4 is 0 Å². The summed E-state index contributed by atoms with van der Waals surface area (Å²) < 4.78 is 0. The number of hydrogen-bond donors (Lipinski definition) is 2. The third-order valence-corrected chi connectivity index (χ3v) is 1.96. The van der Waals surface area contributed by atoms with Crippen LogP contribution >= 0.6 is 12.6 Å². The first-order valence-corrected chi connectivity index (χ1v) is 4.26. The highest BCUT2D eigenvalue weighted by Gasteiger charge is 2.09. The van der Waals surface area contributed by atoms with Gasteiger partial charge in [0, 0.05) is 0 Å². The van der Waals surface area contributed by atoms with Crippen molar-refractivity contribution in [1.82, 2.24) is 0 Å². The van der Waals surface area contributed by atoms with Crippen LogP contribution in [0.25, 0.3) is 0 Å². The van der Waals surface area contributed by atoms with E-state index in [1.807, 2.05) is 0 Å². The summed E-state index contributed by atoms with van der Waals surface area (Å²) in [5, 5.41) is 9.15. The first-order chi connectivity index (χ1) is 6.16. The summed E-state index contributed by atoms with van der Waals surface area (Å²) in [4.78, 5) is 10.9. The molecule has 3 heteroatoms. The van der Waals surface area contributed by atoms with Gasteiger partial charge in [-0.2, -0.15) is 0 Å². The molecule has 0 fully saturated rings. The van der Waals surface area contributed by atoms with Gasteiger partial charge >= 0.3 is 0 Å².